The first-order chi connectivity index (χ1) is 25.2. The number of nitrogens with one attached hydrogen (secondary N) is 1. The number of rotatable bonds is 14. The largest absolute Gasteiger partial charge is 0.423 e. The van der Waals surface area contributed by atoms with Gasteiger partial charge in [-0.05, 0) is 61.1 Å². The number of ether oxygens (including phenoxy) is 1. The predicted octanol–water partition coefficient (Wildman–Crippen LogP) is 8.79. The van der Waals surface area contributed by atoms with E-state index in [-0.39, 0.29) is 46.8 Å². The molecule has 3 heterocycles. The van der Waals surface area contributed by atoms with Gasteiger partial charge in [-0.1, -0.05) is 40.4 Å². The highest BCUT2D eigenvalue weighted by atomic mass is 28.4. The lowest BCUT2D eigenvalue weighted by atomic mass is 10.1. The second-order valence-electron chi connectivity index (χ2n) is 16.2. The number of pyridine rings is 1. The quantitative estimate of drug-likeness (QED) is 0.0764. The van der Waals surface area contributed by atoms with E-state index in [4.69, 9.17) is 9.16 Å². The number of anilines is 1. The van der Waals surface area contributed by atoms with Gasteiger partial charge in [0.2, 0.25) is 0 Å². The van der Waals surface area contributed by atoms with Gasteiger partial charge in [0.25, 0.3) is 11.1 Å². The maximum atomic E-state index is 15.3. The van der Waals surface area contributed by atoms with E-state index >= 15 is 4.39 Å². The monoisotopic (exact) mass is 816 g/mol. The van der Waals surface area contributed by atoms with E-state index in [2.05, 4.69) is 40.0 Å². The minimum atomic E-state index is -5.02. The van der Waals surface area contributed by atoms with Crippen LogP contribution in [0.3, 0.4) is 0 Å². The third kappa shape index (κ3) is 10.9. The topological polar surface area (TPSA) is 113 Å². The molecule has 1 N–H and O–H groups in total. The molecule has 19 heteroatoms. The normalized spacial score (nSPS) is 14.3. The fourth-order valence-electron chi connectivity index (χ4n) is 5.33. The van der Waals surface area contributed by atoms with Crippen molar-refractivity contribution < 1.29 is 39.9 Å². The molecule has 0 saturated carbocycles. The second-order valence-corrected chi connectivity index (χ2v) is 26.6. The molecule has 0 amide bonds. The molecule has 302 valence electrons. The summed E-state index contributed by atoms with van der Waals surface area (Å²) in [5.74, 6) is -1.22. The zero-order valence-corrected chi connectivity index (χ0v) is 34.2. The van der Waals surface area contributed by atoms with E-state index in [1.165, 1.54) is 22.9 Å². The summed E-state index contributed by atoms with van der Waals surface area (Å²) < 4.78 is 112. The van der Waals surface area contributed by atoms with E-state index in [9.17, 15) is 35.9 Å². The Morgan fingerprint density at radius 2 is 1.55 bits per heavy atom. The molecule has 4 rings (SSSR count). The average molecular weight is 817 g/mol. The predicted molar refractivity (Wildman–Crippen MR) is 202 cm³/mol. The van der Waals surface area contributed by atoms with Gasteiger partial charge in [0, 0.05) is 45.9 Å². The highest BCUT2D eigenvalue weighted by Gasteiger charge is 2.42. The molecule has 1 aromatic carbocycles. The van der Waals surface area contributed by atoms with Crippen LogP contribution in [-0.2, 0) is 34.8 Å². The van der Waals surface area contributed by atoms with Gasteiger partial charge in [0.15, 0.2) is 14.1 Å². The van der Waals surface area contributed by atoms with Crippen molar-refractivity contribution in [3.8, 4) is 11.4 Å². The number of alkyl halides is 6. The van der Waals surface area contributed by atoms with E-state index in [0.29, 0.717) is 17.1 Å². The van der Waals surface area contributed by atoms with Crippen LogP contribution in [0, 0.1) is 5.82 Å². The van der Waals surface area contributed by atoms with Crippen LogP contribution in [0.25, 0.3) is 22.2 Å². The molecule has 0 unspecified atom stereocenters. The fraction of sp³-hybridized carbons (Fsp3) is 0.528. The number of aromatic nitrogens is 5. The van der Waals surface area contributed by atoms with Crippen molar-refractivity contribution in [1.29, 1.82) is 0 Å². The van der Waals surface area contributed by atoms with Crippen molar-refractivity contribution in [2.75, 3.05) is 11.9 Å². The summed E-state index contributed by atoms with van der Waals surface area (Å²) in [7, 11) is -4.05. The van der Waals surface area contributed by atoms with Gasteiger partial charge in [-0.25, -0.2) is 19.0 Å². The van der Waals surface area contributed by atoms with Crippen molar-refractivity contribution in [1.82, 2.24) is 24.3 Å². The van der Waals surface area contributed by atoms with Crippen LogP contribution in [0.5, 0.6) is 0 Å². The second kappa shape index (κ2) is 16.3. The lowest BCUT2D eigenvalue weighted by molar-refractivity contribution is -0.139. The summed E-state index contributed by atoms with van der Waals surface area (Å²) in [6.45, 7) is 17.8. The van der Waals surface area contributed by atoms with Crippen LogP contribution in [-0.4, -0.2) is 59.5 Å². The molecule has 0 bridgehead atoms. The molecule has 3 aromatic heterocycles. The third-order valence-electron chi connectivity index (χ3n) is 9.67. The number of halogens is 7. The average Bonchev–Trinajstić information content (AvgIpc) is 3.04. The minimum Gasteiger partial charge on any atom is -0.412 e. The summed E-state index contributed by atoms with van der Waals surface area (Å²) in [5, 5.41) is 6.75. The molecule has 0 radical (unpaired) electrons. The van der Waals surface area contributed by atoms with Crippen LogP contribution in [0.15, 0.2) is 52.6 Å². The fourth-order valence-corrected chi connectivity index (χ4v) is 7.52. The number of benzene rings is 1. The molecule has 0 aliphatic carbocycles. The Kier molecular flexibility index (Phi) is 12.9. The van der Waals surface area contributed by atoms with Crippen molar-refractivity contribution in [3.05, 3.63) is 80.6 Å². The highest BCUT2D eigenvalue weighted by molar-refractivity contribution is 6.76. The number of nitrogens with zero attached hydrogens (tertiary/aromatic N) is 5. The summed E-state index contributed by atoms with van der Waals surface area (Å²) in [6.07, 6.45) is -6.85. The van der Waals surface area contributed by atoms with Crippen molar-refractivity contribution in [2.45, 2.75) is 116 Å². The number of hydrogen-bond acceptors (Lipinski definition) is 8. The third-order valence-corrected chi connectivity index (χ3v) is 15.9. The van der Waals surface area contributed by atoms with Crippen molar-refractivity contribution in [2.24, 2.45) is 0 Å². The van der Waals surface area contributed by atoms with Crippen LogP contribution >= 0.6 is 0 Å². The maximum Gasteiger partial charge on any atom is 0.423 e. The molecule has 0 aliphatic heterocycles. The first kappa shape index (κ1) is 43.8. The highest BCUT2D eigenvalue weighted by Crippen LogP contribution is 2.39. The summed E-state index contributed by atoms with van der Waals surface area (Å²) in [4.78, 5) is 34.0. The number of hydrogen-bond donors (Lipinski definition) is 1. The number of aryl methyl sites for hydroxylation is 1. The Balaban J connectivity index is 1.62. The van der Waals surface area contributed by atoms with Crippen LogP contribution in [0.1, 0.15) is 45.2 Å². The molecule has 0 spiro atoms. The molecule has 4 aromatic rings. The molecule has 0 fully saturated rings. The van der Waals surface area contributed by atoms with Crippen molar-refractivity contribution in [3.63, 3.8) is 0 Å². The van der Waals surface area contributed by atoms with Gasteiger partial charge >= 0.3 is 12.4 Å². The Morgan fingerprint density at radius 3 is 2.11 bits per heavy atom. The Bertz CT molecular complexity index is 2090. The Labute approximate surface area is 316 Å². The van der Waals surface area contributed by atoms with Gasteiger partial charge in [-0.2, -0.15) is 31.4 Å². The van der Waals surface area contributed by atoms with Gasteiger partial charge in [-0.15, -0.1) is 0 Å². The zero-order valence-electron chi connectivity index (χ0n) is 32.2. The molecule has 0 saturated heterocycles. The lowest BCUT2D eigenvalue weighted by Crippen LogP contribution is -2.48. The van der Waals surface area contributed by atoms with Crippen LogP contribution < -0.4 is 16.4 Å². The van der Waals surface area contributed by atoms with E-state index in [0.717, 1.165) is 18.3 Å². The van der Waals surface area contributed by atoms with Crippen LogP contribution in [0.4, 0.5) is 36.4 Å². The van der Waals surface area contributed by atoms with Crippen molar-refractivity contribution >= 4 is 32.9 Å². The first-order valence-electron chi connectivity index (χ1n) is 17.6. The van der Waals surface area contributed by atoms with Gasteiger partial charge in [0.1, 0.15) is 18.1 Å². The zero-order chi connectivity index (χ0) is 41.3. The molecular weight excluding hydrogens is 770 g/mol. The number of fused-ring (bicyclic) bond motifs is 1. The van der Waals surface area contributed by atoms with Gasteiger partial charge < -0.3 is 19.0 Å². The maximum absolute atomic E-state index is 15.3. The molecular formula is C36H47F7N6O4Si2. The SMILES string of the molecule is C[C@H](Nc1cnn(COCC[Si](C)(C)C)c(=O)c1C(F)(F)F)[C@H](CCn1ccc2cc(-c3ncc(C(F)(F)F)cn3)c(F)cc2c1=O)O[Si](C)(C)C(C)(C)C. The summed E-state index contributed by atoms with van der Waals surface area (Å²) in [6, 6.07) is 3.70. The molecule has 10 nitrogen and oxygen atoms in total. The Morgan fingerprint density at radius 1 is 0.909 bits per heavy atom. The van der Waals surface area contributed by atoms with Gasteiger partial charge in [0.05, 0.1) is 34.5 Å². The van der Waals surface area contributed by atoms with E-state index in [1.807, 2.05) is 33.9 Å². The first-order valence-corrected chi connectivity index (χ1v) is 24.2. The standard InChI is InChI=1S/C36H47F7N6O4Si2/c1-22(47-28-20-46-49(21-52-14-15-54(5,6)7)33(51)30(28)36(41,42)43)29(53-55(8,9)34(2,3)4)11-13-48-12-10-23-16-26(27(37)17-25(23)32(48)50)31-44-18-24(19-45-31)35(38,39)40/h10,12,16-20,22,29,47H,11,13-15,21H2,1-9H3/t22-,29-/m0/s1. The van der Waals surface area contributed by atoms with E-state index < -0.39 is 81.4 Å². The minimum absolute atomic E-state index is 0.0189. The Hall–Kier alpha value is -3.95. The van der Waals surface area contributed by atoms with Crippen LogP contribution in [0.2, 0.25) is 43.8 Å². The summed E-state index contributed by atoms with van der Waals surface area (Å²) in [5.41, 5.74) is -5.19. The van der Waals surface area contributed by atoms with E-state index in [1.54, 1.807) is 6.92 Å². The lowest BCUT2D eigenvalue weighted by Gasteiger charge is -2.41. The molecule has 0 aliphatic rings. The smallest absolute Gasteiger partial charge is 0.412 e. The molecule has 55 heavy (non-hydrogen) atoms. The molecule has 2 atom stereocenters. The van der Waals surface area contributed by atoms with Gasteiger partial charge in [-0.3, -0.25) is 9.59 Å². The summed E-state index contributed by atoms with van der Waals surface area (Å²) >= 11 is 0.